The van der Waals surface area contributed by atoms with Gasteiger partial charge in [0.15, 0.2) is 0 Å². The lowest BCUT2D eigenvalue weighted by molar-refractivity contribution is 0.406. The third-order valence-electron chi connectivity index (χ3n) is 2.65. The van der Waals surface area contributed by atoms with E-state index in [1.807, 2.05) is 4.68 Å². The molecular formula is C11H20ClN3. The summed E-state index contributed by atoms with van der Waals surface area (Å²) in [5.74, 6) is 0. The molecular weight excluding hydrogens is 210 g/mol. The highest BCUT2D eigenvalue weighted by molar-refractivity contribution is 6.31. The van der Waals surface area contributed by atoms with E-state index in [9.17, 15) is 0 Å². The Labute approximate surface area is 96.6 Å². The molecule has 0 unspecified atom stereocenters. The van der Waals surface area contributed by atoms with Crippen molar-refractivity contribution in [2.45, 2.75) is 45.6 Å². The van der Waals surface area contributed by atoms with Gasteiger partial charge >= 0.3 is 0 Å². The monoisotopic (exact) mass is 229 g/mol. The molecule has 0 aromatic carbocycles. The first-order valence-corrected chi connectivity index (χ1v) is 5.71. The van der Waals surface area contributed by atoms with Crippen molar-refractivity contribution in [3.05, 3.63) is 16.9 Å². The smallest absolute Gasteiger partial charge is 0.0823 e. The molecule has 0 radical (unpaired) electrons. The van der Waals surface area contributed by atoms with Crippen molar-refractivity contribution in [3.8, 4) is 0 Å². The molecule has 86 valence electrons. The van der Waals surface area contributed by atoms with Gasteiger partial charge in [-0.3, -0.25) is 4.68 Å². The van der Waals surface area contributed by atoms with Crippen molar-refractivity contribution in [2.75, 3.05) is 6.54 Å². The van der Waals surface area contributed by atoms with Gasteiger partial charge in [0.1, 0.15) is 0 Å². The molecule has 0 aliphatic heterocycles. The van der Waals surface area contributed by atoms with Crippen LogP contribution >= 0.6 is 11.6 Å². The van der Waals surface area contributed by atoms with Crippen LogP contribution in [0.5, 0.6) is 0 Å². The summed E-state index contributed by atoms with van der Waals surface area (Å²) in [7, 11) is 0. The summed E-state index contributed by atoms with van der Waals surface area (Å²) in [6.45, 7) is 9.17. The van der Waals surface area contributed by atoms with Gasteiger partial charge in [0.25, 0.3) is 0 Å². The Balaban J connectivity index is 3.16. The molecule has 1 heterocycles. The van der Waals surface area contributed by atoms with Crippen LogP contribution in [0.25, 0.3) is 0 Å². The van der Waals surface area contributed by atoms with Gasteiger partial charge in [-0.25, -0.2) is 0 Å². The fourth-order valence-electron chi connectivity index (χ4n) is 1.85. The van der Waals surface area contributed by atoms with Crippen molar-refractivity contribution in [1.82, 2.24) is 9.78 Å². The van der Waals surface area contributed by atoms with Gasteiger partial charge in [-0.1, -0.05) is 25.4 Å². The quantitative estimate of drug-likeness (QED) is 0.863. The Morgan fingerprint density at radius 1 is 1.53 bits per heavy atom. The van der Waals surface area contributed by atoms with Crippen molar-refractivity contribution in [2.24, 2.45) is 5.73 Å². The molecule has 0 saturated heterocycles. The Kier molecular flexibility index (Phi) is 3.79. The molecule has 1 aromatic heterocycles. The van der Waals surface area contributed by atoms with Crippen molar-refractivity contribution in [3.63, 3.8) is 0 Å². The maximum atomic E-state index is 6.19. The van der Waals surface area contributed by atoms with Gasteiger partial charge in [0.2, 0.25) is 0 Å². The van der Waals surface area contributed by atoms with Crippen LogP contribution in [0.1, 0.15) is 45.9 Å². The molecule has 15 heavy (non-hydrogen) atoms. The number of rotatable bonds is 4. The van der Waals surface area contributed by atoms with Gasteiger partial charge in [0.05, 0.1) is 16.9 Å². The zero-order chi connectivity index (χ0) is 11.6. The minimum absolute atomic E-state index is 0.0212. The zero-order valence-corrected chi connectivity index (χ0v) is 10.7. The van der Waals surface area contributed by atoms with Crippen molar-refractivity contribution < 1.29 is 0 Å². The molecule has 0 atom stereocenters. The van der Waals surface area contributed by atoms with Gasteiger partial charge in [-0.05, 0) is 26.8 Å². The maximum absolute atomic E-state index is 6.19. The molecule has 0 fully saturated rings. The lowest BCUT2D eigenvalue weighted by Crippen LogP contribution is -2.26. The van der Waals surface area contributed by atoms with Gasteiger partial charge in [-0.2, -0.15) is 5.10 Å². The first-order chi connectivity index (χ1) is 6.90. The van der Waals surface area contributed by atoms with E-state index in [1.165, 1.54) is 0 Å². The third-order valence-corrected chi connectivity index (χ3v) is 2.93. The topological polar surface area (TPSA) is 43.8 Å². The van der Waals surface area contributed by atoms with E-state index in [0.29, 0.717) is 12.6 Å². The summed E-state index contributed by atoms with van der Waals surface area (Å²) in [5, 5.41) is 5.05. The van der Waals surface area contributed by atoms with Gasteiger partial charge in [0, 0.05) is 11.5 Å². The van der Waals surface area contributed by atoms with E-state index in [-0.39, 0.29) is 5.41 Å². The highest BCUT2D eigenvalue weighted by atomic mass is 35.5. The molecule has 0 aliphatic rings. The standard InChI is InChI=1S/C11H20ClN3/c1-8(2)15-10(9(12)7-14-15)11(3,4)5-6-13/h7-8H,5-6,13H2,1-4H3. The number of nitrogens with two attached hydrogens (primary N) is 1. The molecule has 0 amide bonds. The molecule has 3 nitrogen and oxygen atoms in total. The molecule has 0 spiro atoms. The van der Waals surface area contributed by atoms with Crippen LogP contribution in [0.2, 0.25) is 5.02 Å². The van der Waals surface area contributed by atoms with Crippen LogP contribution in [0.15, 0.2) is 6.20 Å². The number of halogens is 1. The minimum Gasteiger partial charge on any atom is -0.330 e. The second kappa shape index (κ2) is 4.54. The van der Waals surface area contributed by atoms with Crippen molar-refractivity contribution in [1.29, 1.82) is 0 Å². The second-order valence-corrected chi connectivity index (χ2v) is 5.21. The maximum Gasteiger partial charge on any atom is 0.0823 e. The predicted octanol–water partition coefficient (Wildman–Crippen LogP) is 2.74. The van der Waals surface area contributed by atoms with E-state index in [4.69, 9.17) is 17.3 Å². The van der Waals surface area contributed by atoms with Crippen LogP contribution in [0, 0.1) is 0 Å². The molecule has 0 bridgehead atoms. The predicted molar refractivity (Wildman–Crippen MR) is 64.3 cm³/mol. The fourth-order valence-corrected chi connectivity index (χ4v) is 2.23. The van der Waals surface area contributed by atoms with E-state index in [0.717, 1.165) is 17.1 Å². The fraction of sp³-hybridized carbons (Fsp3) is 0.727. The Morgan fingerprint density at radius 2 is 2.13 bits per heavy atom. The van der Waals surface area contributed by atoms with Crippen molar-refractivity contribution >= 4 is 11.6 Å². The summed E-state index contributed by atoms with van der Waals surface area (Å²) in [6, 6.07) is 0.324. The number of nitrogens with zero attached hydrogens (tertiary/aromatic N) is 2. The Morgan fingerprint density at radius 3 is 2.60 bits per heavy atom. The average Bonchev–Trinajstić information content (AvgIpc) is 2.47. The number of aromatic nitrogens is 2. The second-order valence-electron chi connectivity index (χ2n) is 4.80. The summed E-state index contributed by atoms with van der Waals surface area (Å²) in [4.78, 5) is 0. The van der Waals surface area contributed by atoms with E-state index in [1.54, 1.807) is 6.20 Å². The first kappa shape index (κ1) is 12.5. The summed E-state index contributed by atoms with van der Waals surface area (Å²) in [6.07, 6.45) is 2.63. The molecule has 4 heteroatoms. The Hall–Kier alpha value is -0.540. The zero-order valence-electron chi connectivity index (χ0n) is 9.92. The highest BCUT2D eigenvalue weighted by Gasteiger charge is 2.28. The molecule has 1 aromatic rings. The normalized spacial score (nSPS) is 12.5. The van der Waals surface area contributed by atoms with Crippen LogP contribution < -0.4 is 5.73 Å². The molecule has 1 rings (SSSR count). The minimum atomic E-state index is -0.0212. The largest absolute Gasteiger partial charge is 0.330 e. The van der Waals surface area contributed by atoms with Crippen LogP contribution in [0.3, 0.4) is 0 Å². The summed E-state index contributed by atoms with van der Waals surface area (Å²) >= 11 is 6.19. The van der Waals surface area contributed by atoms with Gasteiger partial charge < -0.3 is 5.73 Å². The van der Waals surface area contributed by atoms with E-state index < -0.39 is 0 Å². The average molecular weight is 230 g/mol. The Bertz CT molecular complexity index is 329. The lowest BCUT2D eigenvalue weighted by Gasteiger charge is -2.27. The van der Waals surface area contributed by atoms with Gasteiger partial charge in [-0.15, -0.1) is 0 Å². The van der Waals surface area contributed by atoms with E-state index >= 15 is 0 Å². The van der Waals surface area contributed by atoms with Crippen LogP contribution in [0.4, 0.5) is 0 Å². The molecule has 0 saturated carbocycles. The third kappa shape index (κ3) is 2.52. The molecule has 0 aliphatic carbocycles. The van der Waals surface area contributed by atoms with E-state index in [2.05, 4.69) is 32.8 Å². The van der Waals surface area contributed by atoms with Crippen LogP contribution in [-0.4, -0.2) is 16.3 Å². The number of hydrogen-bond donors (Lipinski definition) is 1. The SMILES string of the molecule is CC(C)n1ncc(Cl)c1C(C)(C)CCN. The summed E-state index contributed by atoms with van der Waals surface area (Å²) in [5.41, 5.74) is 6.69. The summed E-state index contributed by atoms with van der Waals surface area (Å²) < 4.78 is 1.98. The lowest BCUT2D eigenvalue weighted by atomic mass is 9.85. The van der Waals surface area contributed by atoms with Crippen LogP contribution in [-0.2, 0) is 5.41 Å². The first-order valence-electron chi connectivity index (χ1n) is 5.33. The molecule has 2 N–H and O–H groups in total. The highest BCUT2D eigenvalue weighted by Crippen LogP contribution is 2.33. The number of hydrogen-bond acceptors (Lipinski definition) is 2.